The van der Waals surface area contributed by atoms with E-state index in [1.807, 2.05) is 27.7 Å². The van der Waals surface area contributed by atoms with E-state index in [0.29, 0.717) is 5.92 Å². The average Bonchev–Trinajstić information content (AvgIpc) is 2.65. The molecule has 2 unspecified atom stereocenters. The summed E-state index contributed by atoms with van der Waals surface area (Å²) in [5.74, 6) is 1.43. The Bertz CT molecular complexity index is 491. The van der Waals surface area contributed by atoms with Gasteiger partial charge in [0, 0.05) is 0 Å². The predicted molar refractivity (Wildman–Crippen MR) is 119 cm³/mol. The Morgan fingerprint density at radius 2 is 1.36 bits per heavy atom. The van der Waals surface area contributed by atoms with Gasteiger partial charge in [0.15, 0.2) is 0 Å². The predicted octanol–water partition coefficient (Wildman–Crippen LogP) is 8.26. The lowest BCUT2D eigenvalue weighted by molar-refractivity contribution is 0.388. The van der Waals surface area contributed by atoms with Crippen LogP contribution in [-0.4, -0.2) is 0 Å². The van der Waals surface area contributed by atoms with Crippen LogP contribution >= 0.6 is 0 Å². The van der Waals surface area contributed by atoms with Gasteiger partial charge in [0.1, 0.15) is 0 Å². The number of hydrogen-bond donors (Lipinski definition) is 0. The normalized spacial score (nSPS) is 13.0. The summed E-state index contributed by atoms with van der Waals surface area (Å²) >= 11 is 0. The molecule has 2 atom stereocenters. The van der Waals surface area contributed by atoms with Gasteiger partial charge in [-0.3, -0.25) is 0 Å². The maximum atomic E-state index is 2.40. The first kappa shape index (κ1) is 25.9. The highest BCUT2D eigenvalue weighted by atomic mass is 14.2. The second-order valence-electron chi connectivity index (χ2n) is 6.36. The van der Waals surface area contributed by atoms with Crippen molar-refractivity contribution in [1.29, 1.82) is 0 Å². The smallest absolute Gasteiger partial charge is 0.0245 e. The molecule has 0 heterocycles. The van der Waals surface area contributed by atoms with Crippen molar-refractivity contribution in [2.24, 2.45) is 11.8 Å². The maximum absolute atomic E-state index is 2.40. The van der Waals surface area contributed by atoms with Crippen molar-refractivity contribution >= 4 is 0 Å². The molecule has 0 nitrogen and oxygen atoms in total. The molecular formula is C25H44. The van der Waals surface area contributed by atoms with E-state index in [1.165, 1.54) is 17.5 Å². The summed E-state index contributed by atoms with van der Waals surface area (Å²) in [6.45, 7) is 21.6. The Hall–Kier alpha value is -1.30. The summed E-state index contributed by atoms with van der Waals surface area (Å²) in [4.78, 5) is 0. The molecule has 0 spiro atoms. The summed E-state index contributed by atoms with van der Waals surface area (Å²) in [6.07, 6.45) is 12.2. The van der Waals surface area contributed by atoms with Gasteiger partial charge in [-0.05, 0) is 74.1 Å². The minimum atomic E-state index is 0.714. The van der Waals surface area contributed by atoms with Crippen LogP contribution in [-0.2, 0) is 12.8 Å². The minimum absolute atomic E-state index is 0.714. The van der Waals surface area contributed by atoms with Crippen molar-refractivity contribution in [3.8, 4) is 0 Å². The van der Waals surface area contributed by atoms with Gasteiger partial charge in [0.2, 0.25) is 0 Å². The molecule has 0 bridgehead atoms. The van der Waals surface area contributed by atoms with Crippen LogP contribution in [0.4, 0.5) is 0 Å². The van der Waals surface area contributed by atoms with E-state index in [4.69, 9.17) is 0 Å². The number of hydrogen-bond acceptors (Lipinski definition) is 0. The van der Waals surface area contributed by atoms with Gasteiger partial charge in [0.05, 0.1) is 0 Å². The fraction of sp³-hybridized carbons (Fsp3) is 0.600. The Morgan fingerprint density at radius 3 is 1.84 bits per heavy atom. The Kier molecular flexibility index (Phi) is 16.8. The van der Waals surface area contributed by atoms with Gasteiger partial charge in [0.25, 0.3) is 0 Å². The Labute approximate surface area is 159 Å². The van der Waals surface area contributed by atoms with Crippen LogP contribution < -0.4 is 0 Å². The average molecular weight is 345 g/mol. The van der Waals surface area contributed by atoms with E-state index in [1.54, 1.807) is 11.1 Å². The van der Waals surface area contributed by atoms with Crippen molar-refractivity contribution in [2.45, 2.75) is 88.5 Å². The molecule has 0 radical (unpaired) electrons. The highest BCUT2D eigenvalue weighted by Gasteiger charge is 2.15. The molecule has 1 rings (SSSR count). The van der Waals surface area contributed by atoms with E-state index in [-0.39, 0.29) is 0 Å². The molecule has 0 fully saturated rings. The largest absolute Gasteiger partial charge is 0.0877 e. The van der Waals surface area contributed by atoms with Crippen molar-refractivity contribution in [1.82, 2.24) is 0 Å². The second-order valence-corrected chi connectivity index (χ2v) is 6.36. The lowest BCUT2D eigenvalue weighted by atomic mass is 9.83. The van der Waals surface area contributed by atoms with E-state index in [0.717, 1.165) is 18.8 Å². The van der Waals surface area contributed by atoms with Crippen LogP contribution in [0.1, 0.15) is 84.1 Å². The van der Waals surface area contributed by atoms with Crippen LogP contribution in [0.2, 0.25) is 0 Å². The molecule has 0 aromatic heterocycles. The van der Waals surface area contributed by atoms with Crippen LogP contribution in [0.5, 0.6) is 0 Å². The number of aryl methyl sites for hydroxylation is 2. The van der Waals surface area contributed by atoms with Crippen LogP contribution in [0.25, 0.3) is 0 Å². The van der Waals surface area contributed by atoms with Gasteiger partial charge >= 0.3 is 0 Å². The third-order valence-corrected chi connectivity index (χ3v) is 4.70. The van der Waals surface area contributed by atoms with Crippen molar-refractivity contribution in [3.05, 3.63) is 58.7 Å². The number of allylic oxidation sites excluding steroid dienone is 4. The van der Waals surface area contributed by atoms with Gasteiger partial charge in [-0.25, -0.2) is 0 Å². The summed E-state index contributed by atoms with van der Waals surface area (Å²) in [7, 11) is 0. The quantitative estimate of drug-likeness (QED) is 0.437. The summed E-state index contributed by atoms with van der Waals surface area (Å²) < 4.78 is 0. The third-order valence-electron chi connectivity index (χ3n) is 4.70. The van der Waals surface area contributed by atoms with Crippen molar-refractivity contribution in [2.75, 3.05) is 0 Å². The lowest BCUT2D eigenvalue weighted by Crippen LogP contribution is -2.13. The first-order chi connectivity index (χ1) is 12.0. The van der Waals surface area contributed by atoms with E-state index < -0.39 is 0 Å². The van der Waals surface area contributed by atoms with E-state index in [2.05, 4.69) is 78.0 Å². The molecule has 0 aliphatic rings. The molecule has 144 valence electrons. The van der Waals surface area contributed by atoms with E-state index >= 15 is 0 Å². The van der Waals surface area contributed by atoms with Gasteiger partial charge in [-0.1, -0.05) is 84.9 Å². The zero-order chi connectivity index (χ0) is 19.8. The second kappa shape index (κ2) is 16.2. The molecule has 0 saturated carbocycles. The first-order valence-electron chi connectivity index (χ1n) is 10.4. The molecule has 25 heavy (non-hydrogen) atoms. The number of benzene rings is 1. The molecule has 0 heteroatoms. The summed E-state index contributed by atoms with van der Waals surface area (Å²) in [6, 6.07) is 4.55. The molecule has 0 N–H and O–H groups in total. The minimum Gasteiger partial charge on any atom is -0.0877 e. The van der Waals surface area contributed by atoms with Crippen LogP contribution in [0, 0.1) is 25.7 Å². The zero-order valence-electron chi connectivity index (χ0n) is 18.7. The highest BCUT2D eigenvalue weighted by Crippen LogP contribution is 2.26. The third kappa shape index (κ3) is 9.68. The molecular weight excluding hydrogens is 300 g/mol. The summed E-state index contributed by atoms with van der Waals surface area (Å²) in [5, 5.41) is 0. The Morgan fingerprint density at radius 1 is 0.840 bits per heavy atom. The molecule has 1 aromatic rings. The fourth-order valence-corrected chi connectivity index (χ4v) is 2.94. The summed E-state index contributed by atoms with van der Waals surface area (Å²) in [5.41, 5.74) is 6.07. The van der Waals surface area contributed by atoms with Gasteiger partial charge in [-0.2, -0.15) is 0 Å². The van der Waals surface area contributed by atoms with E-state index in [9.17, 15) is 0 Å². The standard InChI is InChI=1S/C21H32.2C2H6/c1-7-9-10-11-12-16(3)19(6)15-21-18(5)14-13-17(4)20(21)8-2;2*1-2/h7,9-11,13-14,16,19H,8,12,15H2,1-6H3;2*1-2H3/b9-7-,11-10?;;. The highest BCUT2D eigenvalue weighted by molar-refractivity contribution is 5.40. The monoisotopic (exact) mass is 344 g/mol. The van der Waals surface area contributed by atoms with Gasteiger partial charge < -0.3 is 0 Å². The van der Waals surface area contributed by atoms with Crippen LogP contribution in [0.3, 0.4) is 0 Å². The fourth-order valence-electron chi connectivity index (χ4n) is 2.94. The molecule has 0 aliphatic carbocycles. The SMILES string of the molecule is C/C=C\C=CCC(C)C(C)Cc1c(C)ccc(C)c1CC.CC.CC. The maximum Gasteiger partial charge on any atom is -0.0245 e. The molecule has 0 aliphatic heterocycles. The van der Waals surface area contributed by atoms with Crippen molar-refractivity contribution in [3.63, 3.8) is 0 Å². The van der Waals surface area contributed by atoms with Crippen molar-refractivity contribution < 1.29 is 0 Å². The Balaban J connectivity index is 0. The lowest BCUT2D eigenvalue weighted by Gasteiger charge is -2.22. The molecule has 1 aromatic carbocycles. The topological polar surface area (TPSA) is 0 Å². The van der Waals surface area contributed by atoms with Crippen LogP contribution in [0.15, 0.2) is 36.4 Å². The molecule has 0 amide bonds. The zero-order valence-corrected chi connectivity index (χ0v) is 18.7. The molecule has 0 saturated heterocycles. The van der Waals surface area contributed by atoms with Gasteiger partial charge in [-0.15, -0.1) is 0 Å². The first-order valence-corrected chi connectivity index (χ1v) is 10.4. The number of rotatable bonds is 7.